The van der Waals surface area contributed by atoms with Gasteiger partial charge in [-0.1, -0.05) is 23.7 Å². The number of carbonyl (C=O) groups is 1. The second-order valence-corrected chi connectivity index (χ2v) is 9.33. The van der Waals surface area contributed by atoms with E-state index >= 15 is 0 Å². The number of anilines is 1. The van der Waals surface area contributed by atoms with Gasteiger partial charge in [0.05, 0.1) is 10.6 Å². The van der Waals surface area contributed by atoms with E-state index in [0.717, 1.165) is 4.47 Å². The van der Waals surface area contributed by atoms with Gasteiger partial charge in [-0.05, 0) is 65.2 Å². The minimum Gasteiger partial charge on any atom is -0.325 e. The molecule has 2 aromatic rings. The van der Waals surface area contributed by atoms with E-state index in [0.29, 0.717) is 36.6 Å². The van der Waals surface area contributed by atoms with E-state index in [2.05, 4.69) is 21.2 Å². The second kappa shape index (κ2) is 8.08. The van der Waals surface area contributed by atoms with E-state index in [4.69, 9.17) is 11.6 Å². The number of hydrogen-bond acceptors (Lipinski definition) is 3. The Morgan fingerprint density at radius 3 is 2.31 bits per heavy atom. The Balaban J connectivity index is 1.62. The SMILES string of the molecule is O=C(Nc1ccccc1Br)C1CCN(S(=O)(=O)c2ccc(Cl)cc2)CC1. The normalized spacial score (nSPS) is 16.4. The number of piperidine rings is 1. The summed E-state index contributed by atoms with van der Waals surface area (Å²) in [5.41, 5.74) is 0.716. The highest BCUT2D eigenvalue weighted by atomic mass is 79.9. The molecule has 0 bridgehead atoms. The summed E-state index contributed by atoms with van der Waals surface area (Å²) >= 11 is 9.23. The lowest BCUT2D eigenvalue weighted by molar-refractivity contribution is -0.120. The van der Waals surface area contributed by atoms with Gasteiger partial charge in [0.2, 0.25) is 15.9 Å². The van der Waals surface area contributed by atoms with E-state index in [9.17, 15) is 13.2 Å². The van der Waals surface area contributed by atoms with Crippen LogP contribution in [-0.2, 0) is 14.8 Å². The predicted molar refractivity (Wildman–Crippen MR) is 106 cm³/mol. The van der Waals surface area contributed by atoms with Gasteiger partial charge >= 0.3 is 0 Å². The number of sulfonamides is 1. The molecular formula is C18H18BrClN2O3S. The summed E-state index contributed by atoms with van der Waals surface area (Å²) in [4.78, 5) is 12.7. The molecule has 1 amide bonds. The van der Waals surface area contributed by atoms with Crippen LogP contribution in [-0.4, -0.2) is 31.7 Å². The summed E-state index contributed by atoms with van der Waals surface area (Å²) in [6, 6.07) is 13.5. The summed E-state index contributed by atoms with van der Waals surface area (Å²) in [5, 5.41) is 3.40. The molecule has 0 spiro atoms. The molecule has 26 heavy (non-hydrogen) atoms. The maximum Gasteiger partial charge on any atom is 0.243 e. The fourth-order valence-electron chi connectivity index (χ4n) is 2.91. The van der Waals surface area contributed by atoms with E-state index in [1.165, 1.54) is 16.4 Å². The van der Waals surface area contributed by atoms with E-state index < -0.39 is 10.0 Å². The smallest absolute Gasteiger partial charge is 0.243 e. The van der Waals surface area contributed by atoms with E-state index in [-0.39, 0.29) is 16.7 Å². The van der Waals surface area contributed by atoms with Crippen molar-refractivity contribution in [2.75, 3.05) is 18.4 Å². The lowest BCUT2D eigenvalue weighted by atomic mass is 9.97. The van der Waals surface area contributed by atoms with E-state index in [1.54, 1.807) is 12.1 Å². The third kappa shape index (κ3) is 4.28. The molecule has 1 aliphatic heterocycles. The highest BCUT2D eigenvalue weighted by Crippen LogP contribution is 2.27. The van der Waals surface area contributed by atoms with Crippen LogP contribution in [0.5, 0.6) is 0 Å². The van der Waals surface area contributed by atoms with Gasteiger partial charge in [0.25, 0.3) is 0 Å². The molecule has 1 saturated heterocycles. The molecule has 1 heterocycles. The Hall–Kier alpha value is -1.41. The van der Waals surface area contributed by atoms with Crippen LogP contribution in [0.3, 0.4) is 0 Å². The number of halogens is 2. The summed E-state index contributed by atoms with van der Waals surface area (Å²) in [7, 11) is -3.56. The Morgan fingerprint density at radius 1 is 1.08 bits per heavy atom. The minimum atomic E-state index is -3.56. The van der Waals surface area contributed by atoms with Gasteiger partial charge < -0.3 is 5.32 Å². The third-order valence-electron chi connectivity index (χ3n) is 4.41. The van der Waals surface area contributed by atoms with Crippen molar-refractivity contribution >= 4 is 49.1 Å². The van der Waals surface area contributed by atoms with Crippen molar-refractivity contribution in [3.05, 3.63) is 58.0 Å². The standard InChI is InChI=1S/C18H18BrClN2O3S/c19-16-3-1-2-4-17(16)21-18(23)13-9-11-22(12-10-13)26(24,25)15-7-5-14(20)6-8-15/h1-8,13H,9-12H2,(H,21,23). The van der Waals surface area contributed by atoms with Crippen LogP contribution in [0.4, 0.5) is 5.69 Å². The number of para-hydroxylation sites is 1. The largest absolute Gasteiger partial charge is 0.325 e. The fourth-order valence-corrected chi connectivity index (χ4v) is 4.89. The van der Waals surface area contributed by atoms with Gasteiger partial charge in [-0.2, -0.15) is 4.31 Å². The molecule has 0 saturated carbocycles. The number of nitrogens with zero attached hydrogens (tertiary/aromatic N) is 1. The van der Waals surface area contributed by atoms with Crippen molar-refractivity contribution in [1.29, 1.82) is 0 Å². The molecule has 3 rings (SSSR count). The minimum absolute atomic E-state index is 0.0829. The molecule has 0 unspecified atom stereocenters. The number of carbonyl (C=O) groups excluding carboxylic acids is 1. The van der Waals surface area contributed by atoms with Crippen molar-refractivity contribution in [2.45, 2.75) is 17.7 Å². The summed E-state index contributed by atoms with van der Waals surface area (Å²) < 4.78 is 27.6. The summed E-state index contributed by atoms with van der Waals surface area (Å²) in [6.07, 6.45) is 0.978. The van der Waals surface area contributed by atoms with Gasteiger partial charge in [0.15, 0.2) is 0 Å². The van der Waals surface area contributed by atoms with Crippen LogP contribution in [0.25, 0.3) is 0 Å². The third-order valence-corrected chi connectivity index (χ3v) is 7.26. The first-order valence-electron chi connectivity index (χ1n) is 8.19. The van der Waals surface area contributed by atoms with Crippen molar-refractivity contribution in [3.8, 4) is 0 Å². The average Bonchev–Trinajstić information content (AvgIpc) is 2.64. The Kier molecular flexibility index (Phi) is 6.02. The Bertz CT molecular complexity index is 895. The van der Waals surface area contributed by atoms with E-state index in [1.807, 2.05) is 24.3 Å². The molecule has 2 aromatic carbocycles. The van der Waals surface area contributed by atoms with Gasteiger partial charge in [-0.3, -0.25) is 4.79 Å². The molecule has 1 N–H and O–H groups in total. The second-order valence-electron chi connectivity index (χ2n) is 6.10. The molecule has 0 atom stereocenters. The van der Waals surface area contributed by atoms with Crippen LogP contribution in [0.2, 0.25) is 5.02 Å². The topological polar surface area (TPSA) is 66.5 Å². The van der Waals surface area contributed by atoms with Crippen molar-refractivity contribution in [1.82, 2.24) is 4.31 Å². The molecule has 0 radical (unpaired) electrons. The Morgan fingerprint density at radius 2 is 1.69 bits per heavy atom. The Labute approximate surface area is 166 Å². The van der Waals surface area contributed by atoms with Crippen LogP contribution in [0.15, 0.2) is 57.9 Å². The zero-order chi connectivity index (χ0) is 18.7. The molecule has 8 heteroatoms. The quantitative estimate of drug-likeness (QED) is 0.750. The first kappa shape index (κ1) is 19.4. The van der Waals surface area contributed by atoms with Crippen molar-refractivity contribution < 1.29 is 13.2 Å². The van der Waals surface area contributed by atoms with Gasteiger partial charge in [-0.15, -0.1) is 0 Å². The number of hydrogen-bond donors (Lipinski definition) is 1. The van der Waals surface area contributed by atoms with Crippen molar-refractivity contribution in [2.24, 2.45) is 5.92 Å². The monoisotopic (exact) mass is 456 g/mol. The molecular weight excluding hydrogens is 440 g/mol. The van der Waals surface area contributed by atoms with Gasteiger partial charge in [0, 0.05) is 28.5 Å². The number of rotatable bonds is 4. The molecule has 1 aliphatic rings. The summed E-state index contributed by atoms with van der Waals surface area (Å²) in [6.45, 7) is 0.637. The average molecular weight is 458 g/mol. The number of nitrogens with one attached hydrogen (secondary N) is 1. The lowest BCUT2D eigenvalue weighted by Crippen LogP contribution is -2.41. The molecule has 138 valence electrons. The zero-order valence-corrected chi connectivity index (χ0v) is 17.0. The predicted octanol–water partition coefficient (Wildman–Crippen LogP) is 4.14. The first-order valence-corrected chi connectivity index (χ1v) is 10.8. The maximum atomic E-state index is 12.7. The highest BCUT2D eigenvalue weighted by molar-refractivity contribution is 9.10. The van der Waals surface area contributed by atoms with Crippen LogP contribution in [0.1, 0.15) is 12.8 Å². The molecule has 1 fully saturated rings. The fraction of sp³-hybridized carbons (Fsp3) is 0.278. The number of amides is 1. The van der Waals surface area contributed by atoms with Crippen LogP contribution in [0, 0.1) is 5.92 Å². The lowest BCUT2D eigenvalue weighted by Gasteiger charge is -2.30. The van der Waals surface area contributed by atoms with Gasteiger partial charge in [-0.25, -0.2) is 8.42 Å². The molecule has 0 aromatic heterocycles. The van der Waals surface area contributed by atoms with Crippen molar-refractivity contribution in [3.63, 3.8) is 0 Å². The molecule has 0 aliphatic carbocycles. The number of benzene rings is 2. The van der Waals surface area contributed by atoms with Crippen LogP contribution < -0.4 is 5.32 Å². The molecule has 5 nitrogen and oxygen atoms in total. The maximum absolute atomic E-state index is 12.7. The highest BCUT2D eigenvalue weighted by Gasteiger charge is 2.32. The zero-order valence-electron chi connectivity index (χ0n) is 13.9. The van der Waals surface area contributed by atoms with Gasteiger partial charge in [0.1, 0.15) is 0 Å². The summed E-state index contributed by atoms with van der Waals surface area (Å²) in [5.74, 6) is -0.292. The first-order chi connectivity index (χ1) is 12.4. The van der Waals surface area contributed by atoms with Crippen LogP contribution >= 0.6 is 27.5 Å².